The number of hydrogen-bond donors (Lipinski definition) is 0. The molecule has 0 radical (unpaired) electrons. The standard InChI is InChI=1S/C16H14O2/c1-11-7-5-6-10-13(11)14(17)16-15(18-16)12-8-3-2-4-9-12/h2-10,15-16H,1H3/t15-,16+/m1/s1. The lowest BCUT2D eigenvalue weighted by Crippen LogP contribution is -2.09. The smallest absolute Gasteiger partial charge is 0.194 e. The lowest BCUT2D eigenvalue weighted by molar-refractivity contribution is 0.0953. The van der Waals surface area contributed by atoms with Crippen LogP contribution in [0.1, 0.15) is 27.6 Å². The maximum atomic E-state index is 12.3. The number of ether oxygens (including phenoxy) is 1. The first kappa shape index (κ1) is 11.2. The summed E-state index contributed by atoms with van der Waals surface area (Å²) in [5.41, 5.74) is 2.84. The van der Waals surface area contributed by atoms with E-state index in [2.05, 4.69) is 0 Å². The van der Waals surface area contributed by atoms with Crippen LogP contribution in [0.15, 0.2) is 54.6 Å². The Hall–Kier alpha value is -1.93. The molecule has 1 heterocycles. The molecule has 0 saturated carbocycles. The van der Waals surface area contributed by atoms with E-state index in [-0.39, 0.29) is 18.0 Å². The normalized spacial score (nSPS) is 21.6. The van der Waals surface area contributed by atoms with E-state index < -0.39 is 0 Å². The molecule has 90 valence electrons. The molecule has 1 aliphatic heterocycles. The molecule has 1 saturated heterocycles. The average Bonchev–Trinajstić information content (AvgIpc) is 3.20. The van der Waals surface area contributed by atoms with Gasteiger partial charge >= 0.3 is 0 Å². The van der Waals surface area contributed by atoms with E-state index in [1.807, 2.05) is 61.5 Å². The van der Waals surface area contributed by atoms with Crippen LogP contribution in [0.3, 0.4) is 0 Å². The van der Waals surface area contributed by atoms with Crippen molar-refractivity contribution in [1.29, 1.82) is 0 Å². The highest BCUT2D eigenvalue weighted by atomic mass is 16.6. The van der Waals surface area contributed by atoms with Crippen molar-refractivity contribution in [1.82, 2.24) is 0 Å². The summed E-state index contributed by atoms with van der Waals surface area (Å²) in [6, 6.07) is 17.5. The highest BCUT2D eigenvalue weighted by Gasteiger charge is 2.46. The summed E-state index contributed by atoms with van der Waals surface area (Å²) in [4.78, 5) is 12.3. The van der Waals surface area contributed by atoms with Gasteiger partial charge in [0.2, 0.25) is 0 Å². The molecule has 2 aromatic rings. The molecule has 3 rings (SSSR count). The third-order valence-corrected chi connectivity index (χ3v) is 3.29. The lowest BCUT2D eigenvalue weighted by atomic mass is 9.99. The quantitative estimate of drug-likeness (QED) is 0.606. The first-order valence-corrected chi connectivity index (χ1v) is 6.07. The first-order valence-electron chi connectivity index (χ1n) is 6.07. The largest absolute Gasteiger partial charge is 0.356 e. The van der Waals surface area contributed by atoms with Gasteiger partial charge in [-0.3, -0.25) is 4.79 Å². The molecule has 0 bridgehead atoms. The monoisotopic (exact) mass is 238 g/mol. The SMILES string of the molecule is Cc1ccccc1C(=O)[C@@H]1O[C@@H]1c1ccccc1. The molecule has 2 nitrogen and oxygen atoms in total. The molecule has 0 N–H and O–H groups in total. The molecule has 2 aromatic carbocycles. The van der Waals surface area contributed by atoms with Crippen molar-refractivity contribution in [2.45, 2.75) is 19.1 Å². The van der Waals surface area contributed by atoms with Gasteiger partial charge in [-0.15, -0.1) is 0 Å². The Balaban J connectivity index is 1.80. The second-order valence-corrected chi connectivity index (χ2v) is 4.57. The van der Waals surface area contributed by atoms with E-state index >= 15 is 0 Å². The van der Waals surface area contributed by atoms with Gasteiger partial charge in [0.25, 0.3) is 0 Å². The Morgan fingerprint density at radius 3 is 2.39 bits per heavy atom. The fourth-order valence-corrected chi connectivity index (χ4v) is 2.21. The summed E-state index contributed by atoms with van der Waals surface area (Å²) < 4.78 is 5.52. The predicted molar refractivity (Wildman–Crippen MR) is 69.6 cm³/mol. The highest BCUT2D eigenvalue weighted by molar-refractivity contribution is 6.02. The first-order chi connectivity index (χ1) is 8.77. The maximum absolute atomic E-state index is 12.3. The minimum Gasteiger partial charge on any atom is -0.356 e. The van der Waals surface area contributed by atoms with E-state index in [0.29, 0.717) is 0 Å². The van der Waals surface area contributed by atoms with Crippen LogP contribution in [0.2, 0.25) is 0 Å². The maximum Gasteiger partial charge on any atom is 0.194 e. The van der Waals surface area contributed by atoms with Crippen molar-refractivity contribution >= 4 is 5.78 Å². The second-order valence-electron chi connectivity index (χ2n) is 4.57. The molecule has 0 aliphatic carbocycles. The van der Waals surface area contributed by atoms with Gasteiger partial charge in [-0.1, -0.05) is 54.6 Å². The minimum atomic E-state index is -0.312. The number of Topliss-reactive ketones (excluding diaryl/α,β-unsaturated/α-hetero) is 1. The van der Waals surface area contributed by atoms with Gasteiger partial charge in [0.15, 0.2) is 11.9 Å². The van der Waals surface area contributed by atoms with E-state index in [1.165, 1.54) is 0 Å². The molecule has 1 fully saturated rings. The van der Waals surface area contributed by atoms with E-state index in [1.54, 1.807) is 0 Å². The van der Waals surface area contributed by atoms with Crippen LogP contribution < -0.4 is 0 Å². The van der Waals surface area contributed by atoms with Crippen LogP contribution in [0.5, 0.6) is 0 Å². The summed E-state index contributed by atoms with van der Waals surface area (Å²) in [5.74, 6) is 0.0851. The number of aryl methyl sites for hydroxylation is 1. The molecule has 0 unspecified atom stereocenters. The molecular weight excluding hydrogens is 224 g/mol. The average molecular weight is 238 g/mol. The number of rotatable bonds is 3. The summed E-state index contributed by atoms with van der Waals surface area (Å²) >= 11 is 0. The number of ketones is 1. The molecule has 18 heavy (non-hydrogen) atoms. The highest BCUT2D eigenvalue weighted by Crippen LogP contribution is 2.40. The van der Waals surface area contributed by atoms with E-state index in [4.69, 9.17) is 4.74 Å². The van der Waals surface area contributed by atoms with Gasteiger partial charge in [-0.2, -0.15) is 0 Å². The van der Waals surface area contributed by atoms with Crippen LogP contribution in [0.25, 0.3) is 0 Å². The van der Waals surface area contributed by atoms with Gasteiger partial charge < -0.3 is 4.74 Å². The zero-order chi connectivity index (χ0) is 12.5. The minimum absolute atomic E-state index is 0.0710. The van der Waals surface area contributed by atoms with Crippen molar-refractivity contribution < 1.29 is 9.53 Å². The molecule has 1 aliphatic rings. The third-order valence-electron chi connectivity index (χ3n) is 3.29. The van der Waals surface area contributed by atoms with Crippen molar-refractivity contribution in [3.63, 3.8) is 0 Å². The van der Waals surface area contributed by atoms with Crippen molar-refractivity contribution in [2.24, 2.45) is 0 Å². The molecule has 0 spiro atoms. The third kappa shape index (κ3) is 1.95. The van der Waals surface area contributed by atoms with E-state index in [9.17, 15) is 4.79 Å². The molecule has 2 atom stereocenters. The van der Waals surface area contributed by atoms with Gasteiger partial charge in [-0.05, 0) is 18.1 Å². The van der Waals surface area contributed by atoms with Crippen molar-refractivity contribution in [3.8, 4) is 0 Å². The number of carbonyl (C=O) groups excluding carboxylic acids is 1. The summed E-state index contributed by atoms with van der Waals surface area (Å²) in [6.45, 7) is 1.95. The Morgan fingerprint density at radius 2 is 1.67 bits per heavy atom. The van der Waals surface area contributed by atoms with Crippen molar-refractivity contribution in [2.75, 3.05) is 0 Å². The van der Waals surface area contributed by atoms with Crippen LogP contribution in [0.4, 0.5) is 0 Å². The van der Waals surface area contributed by atoms with Crippen LogP contribution in [-0.2, 0) is 4.74 Å². The van der Waals surface area contributed by atoms with Gasteiger partial charge in [-0.25, -0.2) is 0 Å². The topological polar surface area (TPSA) is 29.6 Å². The molecule has 2 heteroatoms. The number of epoxide rings is 1. The van der Waals surface area contributed by atoms with Gasteiger partial charge in [0, 0.05) is 5.56 Å². The zero-order valence-corrected chi connectivity index (χ0v) is 10.2. The fraction of sp³-hybridized carbons (Fsp3) is 0.188. The van der Waals surface area contributed by atoms with E-state index in [0.717, 1.165) is 16.7 Å². The van der Waals surface area contributed by atoms with Crippen molar-refractivity contribution in [3.05, 3.63) is 71.3 Å². The molecular formula is C16H14O2. The zero-order valence-electron chi connectivity index (χ0n) is 10.2. The van der Waals surface area contributed by atoms with Crippen LogP contribution in [0, 0.1) is 6.92 Å². The summed E-state index contributed by atoms with van der Waals surface area (Å²) in [7, 11) is 0. The van der Waals surface area contributed by atoms with Gasteiger partial charge in [0.05, 0.1) is 0 Å². The van der Waals surface area contributed by atoms with Crippen LogP contribution in [-0.4, -0.2) is 11.9 Å². The van der Waals surface area contributed by atoms with Crippen LogP contribution >= 0.6 is 0 Å². The molecule has 0 aromatic heterocycles. The Kier molecular flexibility index (Phi) is 2.73. The summed E-state index contributed by atoms with van der Waals surface area (Å²) in [6.07, 6.45) is -0.383. The Labute approximate surface area is 106 Å². The molecule has 0 amide bonds. The lowest BCUT2D eigenvalue weighted by Gasteiger charge is -2.01. The van der Waals surface area contributed by atoms with Gasteiger partial charge in [0.1, 0.15) is 6.10 Å². The number of carbonyl (C=O) groups is 1. The Morgan fingerprint density at radius 1 is 1.00 bits per heavy atom. The second kappa shape index (κ2) is 4.39. The fourth-order valence-electron chi connectivity index (χ4n) is 2.21. The predicted octanol–water partition coefficient (Wildman–Crippen LogP) is 3.32. The summed E-state index contributed by atoms with van der Waals surface area (Å²) in [5, 5.41) is 0. The Bertz CT molecular complexity index is 575. The number of benzene rings is 2. The number of hydrogen-bond acceptors (Lipinski definition) is 2.